The summed E-state index contributed by atoms with van der Waals surface area (Å²) in [5, 5.41) is 14.0. The van der Waals surface area contributed by atoms with E-state index in [1.807, 2.05) is 12.1 Å². The first-order valence-corrected chi connectivity index (χ1v) is 21.5. The van der Waals surface area contributed by atoms with E-state index in [-0.39, 0.29) is 24.3 Å². The number of nitrogens with zero attached hydrogens (tertiary/aromatic N) is 8. The number of rotatable bonds is 11. The average Bonchev–Trinajstić information content (AvgIpc) is 3.91. The molecular formula is C43H46ClF2N11O6. The number of halogens is 3. The highest BCUT2D eigenvalue weighted by atomic mass is 35.5. The van der Waals surface area contributed by atoms with Crippen molar-refractivity contribution in [1.82, 2.24) is 40.3 Å². The second kappa shape index (κ2) is 17.5. The van der Waals surface area contributed by atoms with Gasteiger partial charge in [-0.25, -0.2) is 14.8 Å². The number of hydrogen-bond donors (Lipinski definition) is 3. The number of alkyl halides is 3. The highest BCUT2D eigenvalue weighted by molar-refractivity contribution is 6.24. The number of anilines is 3. The summed E-state index contributed by atoms with van der Waals surface area (Å²) in [5.74, 6) is -0.838. The number of carbonyl (C=O) groups excluding carboxylic acids is 5. The number of hydrazine groups is 1. The third-order valence-electron chi connectivity index (χ3n) is 12.6. The topological polar surface area (TPSA) is 180 Å². The first kappa shape index (κ1) is 42.1. The summed E-state index contributed by atoms with van der Waals surface area (Å²) < 4.78 is 30.4. The largest absolute Gasteiger partial charge is 0.487 e. The Labute approximate surface area is 366 Å². The molecule has 330 valence electrons. The highest BCUT2D eigenvalue weighted by Gasteiger charge is 2.45. The number of ether oxygens (including phenoxy) is 1. The number of aromatic amines is 1. The monoisotopic (exact) mass is 885 g/mol. The van der Waals surface area contributed by atoms with Crippen LogP contribution in [0.3, 0.4) is 0 Å². The van der Waals surface area contributed by atoms with Crippen molar-refractivity contribution in [2.45, 2.75) is 43.7 Å². The van der Waals surface area contributed by atoms with Gasteiger partial charge in [-0.3, -0.25) is 34.5 Å². The predicted octanol–water partition coefficient (Wildman–Crippen LogP) is 4.85. The summed E-state index contributed by atoms with van der Waals surface area (Å²) in [7, 11) is 0. The molecule has 0 atom stereocenters. The Hall–Kier alpha value is -6.18. The van der Waals surface area contributed by atoms with Crippen LogP contribution in [0.5, 0.6) is 5.75 Å². The average molecular weight is 886 g/mol. The normalized spacial score (nSPS) is 19.7. The van der Waals surface area contributed by atoms with Crippen LogP contribution < -0.4 is 25.2 Å². The van der Waals surface area contributed by atoms with Gasteiger partial charge in [0.15, 0.2) is 0 Å². The van der Waals surface area contributed by atoms with E-state index in [0.717, 1.165) is 112 Å². The van der Waals surface area contributed by atoms with Gasteiger partial charge in [0.25, 0.3) is 17.7 Å². The Balaban J connectivity index is 0.750. The van der Waals surface area contributed by atoms with Crippen LogP contribution >= 0.6 is 11.6 Å². The first-order valence-electron chi connectivity index (χ1n) is 21.1. The van der Waals surface area contributed by atoms with E-state index in [9.17, 15) is 32.8 Å². The molecule has 0 unspecified atom stereocenters. The molecule has 0 saturated carbocycles. The fourth-order valence-electron chi connectivity index (χ4n) is 9.34. The zero-order chi connectivity index (χ0) is 43.8. The number of imide groups is 2. The molecule has 5 aliphatic rings. The lowest BCUT2D eigenvalue weighted by atomic mass is 9.94. The number of benzene rings is 2. The molecule has 0 bridgehead atoms. The van der Waals surface area contributed by atoms with E-state index in [4.69, 9.17) is 16.6 Å². The molecule has 17 nitrogen and oxygen atoms in total. The molecule has 7 heterocycles. The molecule has 6 amide bonds. The van der Waals surface area contributed by atoms with Crippen LogP contribution in [0, 0.1) is 5.92 Å². The second-order valence-corrected chi connectivity index (χ2v) is 16.9. The van der Waals surface area contributed by atoms with Crippen molar-refractivity contribution in [3.05, 3.63) is 83.7 Å². The van der Waals surface area contributed by atoms with E-state index in [1.165, 1.54) is 24.3 Å². The summed E-state index contributed by atoms with van der Waals surface area (Å²) in [5.41, 5.74) is -0.387. The van der Waals surface area contributed by atoms with Crippen molar-refractivity contribution in [3.8, 4) is 17.0 Å². The van der Waals surface area contributed by atoms with Gasteiger partial charge in [0.1, 0.15) is 11.6 Å². The summed E-state index contributed by atoms with van der Waals surface area (Å²) in [4.78, 5) is 78.8. The Bertz CT molecular complexity index is 2380. The zero-order valence-corrected chi connectivity index (χ0v) is 35.0. The van der Waals surface area contributed by atoms with E-state index in [0.29, 0.717) is 34.5 Å². The molecule has 4 saturated heterocycles. The lowest BCUT2D eigenvalue weighted by molar-refractivity contribution is -0.122. The molecule has 0 aliphatic carbocycles. The summed E-state index contributed by atoms with van der Waals surface area (Å²) in [6.07, 6.45) is 7.05. The third-order valence-corrected chi connectivity index (χ3v) is 12.6. The van der Waals surface area contributed by atoms with Gasteiger partial charge >= 0.3 is 11.6 Å². The lowest BCUT2D eigenvalue weighted by Gasteiger charge is -2.44. The van der Waals surface area contributed by atoms with Gasteiger partial charge in [0.05, 0.1) is 34.6 Å². The Morgan fingerprint density at radius 2 is 1.59 bits per heavy atom. The number of piperazine rings is 1. The number of pyridine rings is 1. The van der Waals surface area contributed by atoms with E-state index in [1.54, 1.807) is 30.6 Å². The number of amides is 6. The minimum Gasteiger partial charge on any atom is -0.420 e. The van der Waals surface area contributed by atoms with Crippen LogP contribution in [0.2, 0.25) is 0 Å². The molecule has 20 heteroatoms. The van der Waals surface area contributed by atoms with E-state index >= 15 is 0 Å². The van der Waals surface area contributed by atoms with Gasteiger partial charge in [0.2, 0.25) is 5.91 Å². The minimum atomic E-state index is -3.84. The second-order valence-electron chi connectivity index (χ2n) is 16.4. The summed E-state index contributed by atoms with van der Waals surface area (Å²) in [6, 6.07) is 14.0. The number of aromatic nitrogens is 3. The maximum Gasteiger partial charge on any atom is 0.487 e. The molecule has 2 aromatic carbocycles. The van der Waals surface area contributed by atoms with Crippen molar-refractivity contribution in [2.75, 3.05) is 80.6 Å². The smallest absolute Gasteiger partial charge is 0.420 e. The maximum absolute atomic E-state index is 13.6. The Kier molecular flexibility index (Phi) is 11.7. The van der Waals surface area contributed by atoms with Gasteiger partial charge in [0, 0.05) is 107 Å². The third kappa shape index (κ3) is 9.03. The quantitative estimate of drug-likeness (QED) is 0.138. The number of nitrogens with one attached hydrogen (secondary N) is 3. The SMILES string of the molecule is O=C1CCN(N2C(=O)c3cccc(N4CCC(CN5CCN(C6CCN(c7ncc(C(=O)Nc8ccc(OC(F)(F)Cl)cc8)cc7-c7ccn[nH]7)CC6)CC5)CC4)c3C2=O)C(=O)N1. The van der Waals surface area contributed by atoms with Crippen molar-refractivity contribution >= 4 is 58.5 Å². The zero-order valence-electron chi connectivity index (χ0n) is 34.3. The number of hydrogen-bond acceptors (Lipinski definition) is 12. The van der Waals surface area contributed by atoms with Gasteiger partial charge < -0.3 is 24.8 Å². The van der Waals surface area contributed by atoms with Crippen molar-refractivity contribution in [2.24, 2.45) is 5.92 Å². The number of urea groups is 1. The molecule has 3 N–H and O–H groups in total. The van der Waals surface area contributed by atoms with Crippen molar-refractivity contribution < 1.29 is 37.5 Å². The van der Waals surface area contributed by atoms with Gasteiger partial charge in [-0.15, -0.1) is 8.78 Å². The van der Waals surface area contributed by atoms with Crippen LogP contribution in [-0.2, 0) is 4.79 Å². The van der Waals surface area contributed by atoms with Crippen molar-refractivity contribution in [1.29, 1.82) is 0 Å². The van der Waals surface area contributed by atoms with E-state index in [2.05, 4.69) is 45.2 Å². The van der Waals surface area contributed by atoms with Gasteiger partial charge in [-0.05, 0) is 80.1 Å². The minimum absolute atomic E-state index is 0.00844. The summed E-state index contributed by atoms with van der Waals surface area (Å²) >= 11 is 4.85. The molecule has 9 rings (SSSR count). The Morgan fingerprint density at radius 3 is 2.27 bits per heavy atom. The number of piperidine rings is 2. The molecule has 0 spiro atoms. The van der Waals surface area contributed by atoms with E-state index < -0.39 is 35.2 Å². The standard InChI is InChI=1S/C43H46ClF2N11O6/c44-43(45,46)63-31-6-4-29(5-7-31)49-39(59)28-24-33(34-8-14-48-51-34)38(47-25-28)55-17-11-30(12-18-55)53-22-20-52(21-23-53)26-27-9-15-54(16-10-27)35-3-1-2-32-37(35)41(61)57(40(32)60)56-19-13-36(58)50-42(56)62/h1-8,14,24-25,27,30H,9-13,15-23,26H2,(H,48,51)(H,49,59)(H,50,58,62). The number of carbonyl (C=O) groups is 5. The summed E-state index contributed by atoms with van der Waals surface area (Å²) in [6.45, 7) is 8.04. The van der Waals surface area contributed by atoms with Gasteiger partial charge in [-0.1, -0.05) is 6.07 Å². The molecule has 4 aromatic rings. The van der Waals surface area contributed by atoms with Crippen molar-refractivity contribution in [3.63, 3.8) is 0 Å². The number of H-pyrrole nitrogens is 1. The van der Waals surface area contributed by atoms with Crippen LogP contribution in [0.4, 0.5) is 30.8 Å². The predicted molar refractivity (Wildman–Crippen MR) is 228 cm³/mol. The van der Waals surface area contributed by atoms with Gasteiger partial charge in [-0.2, -0.15) is 10.1 Å². The highest BCUT2D eigenvalue weighted by Crippen LogP contribution is 2.36. The first-order chi connectivity index (χ1) is 30.4. The fourth-order valence-corrected chi connectivity index (χ4v) is 9.43. The molecule has 0 radical (unpaired) electrons. The molecule has 63 heavy (non-hydrogen) atoms. The number of fused-ring (bicyclic) bond motifs is 1. The van der Waals surface area contributed by atoms with Crippen LogP contribution in [-0.4, -0.2) is 142 Å². The molecular weight excluding hydrogens is 840 g/mol. The molecule has 4 fully saturated rings. The molecule has 5 aliphatic heterocycles. The van der Waals surface area contributed by atoms with Crippen LogP contribution in [0.25, 0.3) is 11.3 Å². The fraction of sp³-hybridized carbons (Fsp3) is 0.419. The lowest BCUT2D eigenvalue weighted by Crippen LogP contribution is -2.58. The maximum atomic E-state index is 13.6. The Morgan fingerprint density at radius 1 is 0.857 bits per heavy atom. The molecule has 2 aromatic heterocycles. The van der Waals surface area contributed by atoms with Crippen LogP contribution in [0.15, 0.2) is 67.0 Å². The van der Waals surface area contributed by atoms with Crippen LogP contribution in [0.1, 0.15) is 63.2 Å².